The van der Waals surface area contributed by atoms with Crippen molar-refractivity contribution < 1.29 is 0 Å². The summed E-state index contributed by atoms with van der Waals surface area (Å²) in [6.07, 6.45) is 2.41. The lowest BCUT2D eigenvalue weighted by Crippen LogP contribution is -2.26. The van der Waals surface area contributed by atoms with Gasteiger partial charge in [0.15, 0.2) is 0 Å². The van der Waals surface area contributed by atoms with Gasteiger partial charge in [-0.15, -0.1) is 0 Å². The molecular weight excluding hydrogens is 321 g/mol. The molecule has 17 heavy (non-hydrogen) atoms. The van der Waals surface area contributed by atoms with Gasteiger partial charge in [0.2, 0.25) is 0 Å². The number of rotatable bonds is 7. The summed E-state index contributed by atoms with van der Waals surface area (Å²) in [6, 6.07) is 8.90. The van der Waals surface area contributed by atoms with Crippen molar-refractivity contribution in [2.24, 2.45) is 11.8 Å². The summed E-state index contributed by atoms with van der Waals surface area (Å²) in [7, 11) is 0. The van der Waals surface area contributed by atoms with Crippen molar-refractivity contribution in [1.29, 1.82) is 0 Å². The third-order valence-electron chi connectivity index (χ3n) is 3.34. The minimum atomic E-state index is 0.736. The first-order chi connectivity index (χ1) is 8.13. The maximum atomic E-state index is 3.51. The van der Waals surface area contributed by atoms with Crippen LogP contribution < -0.4 is 5.32 Å². The van der Waals surface area contributed by atoms with E-state index in [1.54, 1.807) is 0 Å². The van der Waals surface area contributed by atoms with E-state index in [4.69, 9.17) is 0 Å². The minimum absolute atomic E-state index is 0.736. The Labute approximate surface area is 120 Å². The maximum Gasteiger partial charge on any atom is 0.0130 e. The maximum absolute atomic E-state index is 3.51. The molecule has 1 rings (SSSR count). The van der Waals surface area contributed by atoms with Crippen LogP contribution in [0, 0.1) is 15.4 Å². The zero-order valence-corrected chi connectivity index (χ0v) is 13.3. The van der Waals surface area contributed by atoms with Crippen LogP contribution in [-0.4, -0.2) is 13.1 Å². The van der Waals surface area contributed by atoms with Gasteiger partial charge < -0.3 is 5.32 Å². The molecule has 1 aromatic carbocycles. The minimum Gasteiger partial charge on any atom is -0.316 e. The van der Waals surface area contributed by atoms with Gasteiger partial charge >= 0.3 is 0 Å². The Morgan fingerprint density at radius 3 is 2.35 bits per heavy atom. The summed E-state index contributed by atoms with van der Waals surface area (Å²) < 4.78 is 1.32. The second kappa shape index (κ2) is 8.09. The third kappa shape index (κ3) is 5.87. The SMILES string of the molecule is CCCNCC(C)C(C)Cc1ccc(I)cc1. The molecule has 0 spiro atoms. The molecule has 0 radical (unpaired) electrons. The fourth-order valence-electron chi connectivity index (χ4n) is 1.90. The fourth-order valence-corrected chi connectivity index (χ4v) is 2.26. The molecule has 0 aliphatic rings. The Morgan fingerprint density at radius 2 is 1.76 bits per heavy atom. The van der Waals surface area contributed by atoms with E-state index >= 15 is 0 Å². The standard InChI is InChI=1S/C15H24IN/c1-4-9-17-11-13(3)12(2)10-14-5-7-15(16)8-6-14/h5-8,12-13,17H,4,9-11H2,1-3H3. The van der Waals surface area contributed by atoms with E-state index in [1.165, 1.54) is 22.0 Å². The number of nitrogens with one attached hydrogen (secondary N) is 1. The molecule has 0 saturated carbocycles. The molecule has 2 heteroatoms. The highest BCUT2D eigenvalue weighted by molar-refractivity contribution is 14.1. The third-order valence-corrected chi connectivity index (χ3v) is 4.05. The highest BCUT2D eigenvalue weighted by Gasteiger charge is 2.12. The molecule has 0 aliphatic heterocycles. The first kappa shape index (κ1) is 15.0. The summed E-state index contributed by atoms with van der Waals surface area (Å²) >= 11 is 2.36. The Balaban J connectivity index is 2.37. The lowest BCUT2D eigenvalue weighted by molar-refractivity contribution is 0.365. The van der Waals surface area contributed by atoms with Crippen molar-refractivity contribution in [3.05, 3.63) is 33.4 Å². The predicted octanol–water partition coefficient (Wildman–Crippen LogP) is 4.11. The van der Waals surface area contributed by atoms with E-state index in [-0.39, 0.29) is 0 Å². The van der Waals surface area contributed by atoms with Crippen molar-refractivity contribution >= 4 is 22.6 Å². The van der Waals surface area contributed by atoms with Crippen LogP contribution in [-0.2, 0) is 6.42 Å². The highest BCUT2D eigenvalue weighted by atomic mass is 127. The molecule has 0 aromatic heterocycles. The average Bonchev–Trinajstić information content (AvgIpc) is 2.32. The smallest absolute Gasteiger partial charge is 0.0130 e. The van der Waals surface area contributed by atoms with Crippen molar-refractivity contribution in [2.45, 2.75) is 33.6 Å². The normalized spacial score (nSPS) is 14.6. The van der Waals surface area contributed by atoms with Crippen LogP contribution in [0.4, 0.5) is 0 Å². The quantitative estimate of drug-likeness (QED) is 0.579. The van der Waals surface area contributed by atoms with Gasteiger partial charge in [0, 0.05) is 3.57 Å². The Kier molecular flexibility index (Phi) is 7.12. The first-order valence-electron chi connectivity index (χ1n) is 6.58. The van der Waals surface area contributed by atoms with E-state index in [1.807, 2.05) is 0 Å². The van der Waals surface area contributed by atoms with Gasteiger partial charge in [-0.05, 0) is 78.1 Å². The number of hydrogen-bond donors (Lipinski definition) is 1. The van der Waals surface area contributed by atoms with E-state index in [9.17, 15) is 0 Å². The molecule has 96 valence electrons. The van der Waals surface area contributed by atoms with Crippen LogP contribution >= 0.6 is 22.6 Å². The molecular formula is C15H24IN. The molecule has 1 aromatic rings. The van der Waals surface area contributed by atoms with E-state index in [0.29, 0.717) is 0 Å². The van der Waals surface area contributed by atoms with Gasteiger partial charge in [0.1, 0.15) is 0 Å². The molecule has 2 atom stereocenters. The number of hydrogen-bond acceptors (Lipinski definition) is 1. The fraction of sp³-hybridized carbons (Fsp3) is 0.600. The van der Waals surface area contributed by atoms with Crippen molar-refractivity contribution in [2.75, 3.05) is 13.1 Å². The zero-order valence-electron chi connectivity index (χ0n) is 11.2. The van der Waals surface area contributed by atoms with Crippen molar-refractivity contribution in [3.8, 4) is 0 Å². The van der Waals surface area contributed by atoms with Crippen LogP contribution in [0.1, 0.15) is 32.8 Å². The largest absolute Gasteiger partial charge is 0.316 e. The van der Waals surface area contributed by atoms with Gasteiger partial charge in [0.05, 0.1) is 0 Å². The average molecular weight is 345 g/mol. The molecule has 1 N–H and O–H groups in total. The summed E-state index contributed by atoms with van der Waals surface area (Å²) in [5.41, 5.74) is 1.46. The Hall–Kier alpha value is -0.0900. The van der Waals surface area contributed by atoms with Gasteiger partial charge in [-0.2, -0.15) is 0 Å². The van der Waals surface area contributed by atoms with Crippen molar-refractivity contribution in [3.63, 3.8) is 0 Å². The second-order valence-corrected chi connectivity index (χ2v) is 6.23. The summed E-state index contributed by atoms with van der Waals surface area (Å²) in [4.78, 5) is 0. The molecule has 2 unspecified atom stereocenters. The van der Waals surface area contributed by atoms with Crippen LogP contribution in [0.25, 0.3) is 0 Å². The van der Waals surface area contributed by atoms with Crippen LogP contribution in [0.15, 0.2) is 24.3 Å². The van der Waals surface area contributed by atoms with Crippen molar-refractivity contribution in [1.82, 2.24) is 5.32 Å². The summed E-state index contributed by atoms with van der Waals surface area (Å²) in [5.74, 6) is 1.47. The number of halogens is 1. The van der Waals surface area contributed by atoms with E-state index in [0.717, 1.165) is 24.9 Å². The lowest BCUT2D eigenvalue weighted by Gasteiger charge is -2.20. The summed E-state index contributed by atoms with van der Waals surface area (Å²) in [6.45, 7) is 9.20. The van der Waals surface area contributed by atoms with Gasteiger partial charge in [-0.1, -0.05) is 32.9 Å². The highest BCUT2D eigenvalue weighted by Crippen LogP contribution is 2.17. The molecule has 0 bridgehead atoms. The molecule has 0 heterocycles. The molecule has 0 fully saturated rings. The molecule has 0 saturated heterocycles. The summed E-state index contributed by atoms with van der Waals surface area (Å²) in [5, 5.41) is 3.51. The monoisotopic (exact) mass is 345 g/mol. The van der Waals surface area contributed by atoms with Gasteiger partial charge in [-0.25, -0.2) is 0 Å². The van der Waals surface area contributed by atoms with Crippen LogP contribution in [0.5, 0.6) is 0 Å². The van der Waals surface area contributed by atoms with E-state index < -0.39 is 0 Å². The zero-order chi connectivity index (χ0) is 12.7. The van der Waals surface area contributed by atoms with Gasteiger partial charge in [-0.3, -0.25) is 0 Å². The molecule has 0 aliphatic carbocycles. The first-order valence-corrected chi connectivity index (χ1v) is 7.66. The lowest BCUT2D eigenvalue weighted by atomic mass is 9.89. The van der Waals surface area contributed by atoms with Gasteiger partial charge in [0.25, 0.3) is 0 Å². The van der Waals surface area contributed by atoms with Crippen LogP contribution in [0.2, 0.25) is 0 Å². The molecule has 1 nitrogen and oxygen atoms in total. The Morgan fingerprint density at radius 1 is 1.12 bits per heavy atom. The Bertz CT molecular complexity index is 307. The van der Waals surface area contributed by atoms with E-state index in [2.05, 4.69) is 72.9 Å². The predicted molar refractivity (Wildman–Crippen MR) is 84.4 cm³/mol. The van der Waals surface area contributed by atoms with Crippen LogP contribution in [0.3, 0.4) is 0 Å². The molecule has 0 amide bonds. The topological polar surface area (TPSA) is 12.0 Å². The number of benzene rings is 1. The second-order valence-electron chi connectivity index (χ2n) is 4.99.